The Morgan fingerprint density at radius 3 is 1.97 bits per heavy atom. The van der Waals surface area contributed by atoms with E-state index < -0.39 is 168 Å². The molecule has 25 unspecified atom stereocenters. The average molecular weight is 973 g/mol. The Kier molecular flexibility index (Phi) is 13.5. The highest BCUT2D eigenvalue weighted by Gasteiger charge is 2.74. The molecular weight excluding hydrogens is 900 g/mol. The summed E-state index contributed by atoms with van der Waals surface area (Å²) >= 11 is 0. The Hall–Kier alpha value is -2.45. The minimum atomic E-state index is -2.02. The summed E-state index contributed by atoms with van der Waals surface area (Å²) in [4.78, 5) is 40.7. The van der Waals surface area contributed by atoms with E-state index in [9.17, 15) is 70.9 Å². The predicted molar refractivity (Wildman–Crippen MR) is 228 cm³/mol. The zero-order valence-electron chi connectivity index (χ0n) is 39.5. The zero-order chi connectivity index (χ0) is 50.2. The number of ether oxygens (including phenoxy) is 6. The lowest BCUT2D eigenvalue weighted by atomic mass is 9.33. The molecule has 0 amide bonds. The first-order valence-electron chi connectivity index (χ1n) is 23.9. The molecule has 21 heteroatoms. The van der Waals surface area contributed by atoms with Crippen molar-refractivity contribution in [1.29, 1.82) is 0 Å². The minimum absolute atomic E-state index is 0.0164. The van der Waals surface area contributed by atoms with Gasteiger partial charge < -0.3 is 89.7 Å². The number of aliphatic carboxylic acids is 2. The normalized spacial score (nSPS) is 54.3. The van der Waals surface area contributed by atoms with Gasteiger partial charge in [0.15, 0.2) is 24.8 Å². The van der Waals surface area contributed by atoms with Gasteiger partial charge in [0.05, 0.1) is 30.3 Å². The van der Waals surface area contributed by atoms with Gasteiger partial charge in [-0.2, -0.15) is 0 Å². The van der Waals surface area contributed by atoms with Crippen molar-refractivity contribution in [1.82, 2.24) is 0 Å². The summed E-state index contributed by atoms with van der Waals surface area (Å²) in [5, 5.41) is 130. The van der Waals surface area contributed by atoms with E-state index in [2.05, 4.69) is 33.8 Å². The summed E-state index contributed by atoms with van der Waals surface area (Å²) in [6.07, 6.45) is -23.5. The molecule has 4 saturated carbocycles. The highest BCUT2D eigenvalue weighted by molar-refractivity contribution is 5.80. The molecule has 68 heavy (non-hydrogen) atoms. The van der Waals surface area contributed by atoms with Gasteiger partial charge >= 0.3 is 17.9 Å². The maximum absolute atomic E-state index is 15.1. The first kappa shape index (κ1) is 51.9. The molecule has 0 aromatic heterocycles. The van der Waals surface area contributed by atoms with Crippen molar-refractivity contribution in [3.05, 3.63) is 11.6 Å². The van der Waals surface area contributed by atoms with E-state index >= 15 is 4.79 Å². The van der Waals surface area contributed by atoms with Crippen LogP contribution in [0.2, 0.25) is 0 Å². The van der Waals surface area contributed by atoms with Crippen molar-refractivity contribution in [2.24, 2.45) is 50.2 Å². The topological polar surface area (TPSA) is 349 Å². The van der Waals surface area contributed by atoms with E-state index in [4.69, 9.17) is 28.4 Å². The number of hydrogen-bond donors (Lipinski definition) is 12. The first-order chi connectivity index (χ1) is 31.5. The molecule has 0 bridgehead atoms. The number of hydrogen-bond acceptors (Lipinski definition) is 19. The molecule has 12 N–H and O–H groups in total. The Balaban J connectivity index is 1.11. The van der Waals surface area contributed by atoms with E-state index in [1.165, 1.54) is 13.8 Å². The molecular formula is C47H72O21. The minimum Gasteiger partial charge on any atom is -0.481 e. The van der Waals surface area contributed by atoms with Gasteiger partial charge in [0.1, 0.15) is 60.4 Å². The molecule has 0 radical (unpaired) electrons. The number of carbonyl (C=O) groups excluding carboxylic acids is 1. The molecule has 3 heterocycles. The molecule has 25 atom stereocenters. The van der Waals surface area contributed by atoms with Gasteiger partial charge in [-0.15, -0.1) is 0 Å². The lowest BCUT2D eigenvalue weighted by molar-refractivity contribution is -0.335. The van der Waals surface area contributed by atoms with Gasteiger partial charge in [-0.05, 0) is 105 Å². The van der Waals surface area contributed by atoms with Crippen molar-refractivity contribution in [2.45, 2.75) is 204 Å². The van der Waals surface area contributed by atoms with Crippen LogP contribution in [0.3, 0.4) is 0 Å². The number of allylic oxidation sites excluding steroid dienone is 2. The molecule has 0 aromatic carbocycles. The van der Waals surface area contributed by atoms with Crippen LogP contribution in [0.25, 0.3) is 0 Å². The molecule has 0 aromatic rings. The Morgan fingerprint density at radius 1 is 0.706 bits per heavy atom. The fraction of sp³-hybridized carbons (Fsp3) is 0.894. The number of carbonyl (C=O) groups is 3. The quantitative estimate of drug-likeness (QED) is 0.0742. The van der Waals surface area contributed by atoms with Crippen LogP contribution in [0.4, 0.5) is 0 Å². The number of aliphatic hydroxyl groups is 10. The van der Waals surface area contributed by atoms with E-state index in [1.54, 1.807) is 0 Å². The van der Waals surface area contributed by atoms with Crippen molar-refractivity contribution in [2.75, 3.05) is 6.61 Å². The van der Waals surface area contributed by atoms with Gasteiger partial charge in [0.25, 0.3) is 0 Å². The van der Waals surface area contributed by atoms with Gasteiger partial charge in [-0.25, -0.2) is 4.79 Å². The Morgan fingerprint density at radius 2 is 1.35 bits per heavy atom. The van der Waals surface area contributed by atoms with Crippen LogP contribution in [-0.4, -0.2) is 190 Å². The second kappa shape index (κ2) is 17.6. The monoisotopic (exact) mass is 972 g/mol. The van der Waals surface area contributed by atoms with Crippen LogP contribution in [0.5, 0.6) is 0 Å². The molecule has 386 valence electrons. The number of carboxylic acid groups (broad SMARTS) is 2. The maximum Gasteiger partial charge on any atom is 0.335 e. The van der Waals surface area contributed by atoms with Crippen LogP contribution in [0.15, 0.2) is 11.6 Å². The maximum atomic E-state index is 15.1. The van der Waals surface area contributed by atoms with Crippen LogP contribution < -0.4 is 0 Å². The largest absolute Gasteiger partial charge is 0.481 e. The van der Waals surface area contributed by atoms with Crippen LogP contribution in [0, 0.1) is 50.2 Å². The van der Waals surface area contributed by atoms with Crippen LogP contribution in [-0.2, 0) is 42.8 Å². The van der Waals surface area contributed by atoms with E-state index in [-0.39, 0.29) is 30.6 Å². The third kappa shape index (κ3) is 7.54. The molecule has 3 aliphatic heterocycles. The lowest BCUT2D eigenvalue weighted by Gasteiger charge is -2.71. The number of carboxylic acids is 2. The van der Waals surface area contributed by atoms with E-state index in [1.807, 2.05) is 6.92 Å². The highest BCUT2D eigenvalue weighted by atomic mass is 16.8. The van der Waals surface area contributed by atoms with Crippen molar-refractivity contribution < 1.29 is 104 Å². The number of aliphatic hydroxyl groups excluding tert-OH is 10. The van der Waals surface area contributed by atoms with Crippen molar-refractivity contribution >= 4 is 17.9 Å². The molecule has 21 nitrogen and oxygen atoms in total. The van der Waals surface area contributed by atoms with Crippen molar-refractivity contribution in [3.63, 3.8) is 0 Å². The SMILES string of the molecule is CC1OC(OC(=O)C23CCC(C)(C)CC2C2=CCC4C5(C)CC(O)C(OC6OC(C(=O)O)C(O)C(O)C6O)C(C)(C(=O)O)C5CCC4(C)C2(C)CC3O)C(OC2OC(CO)C(O)C2O)C(O)C1O. The summed E-state index contributed by atoms with van der Waals surface area (Å²) in [6, 6.07) is 0. The first-order valence-corrected chi connectivity index (χ1v) is 23.9. The predicted octanol–water partition coefficient (Wildman–Crippen LogP) is -1.09. The van der Waals surface area contributed by atoms with Gasteiger partial charge in [0.2, 0.25) is 6.29 Å². The van der Waals surface area contributed by atoms with E-state index in [0.717, 1.165) is 5.57 Å². The molecule has 0 spiro atoms. The van der Waals surface area contributed by atoms with Crippen molar-refractivity contribution in [3.8, 4) is 0 Å². The third-order valence-corrected chi connectivity index (χ3v) is 19.0. The van der Waals surface area contributed by atoms with Gasteiger partial charge in [0, 0.05) is 0 Å². The lowest BCUT2D eigenvalue weighted by Crippen LogP contribution is -2.71. The summed E-state index contributed by atoms with van der Waals surface area (Å²) in [5.41, 5.74) is -5.12. The second-order valence-corrected chi connectivity index (χ2v) is 23.0. The van der Waals surface area contributed by atoms with Gasteiger partial charge in [-0.1, -0.05) is 46.3 Å². The Labute approximate surface area is 393 Å². The van der Waals surface area contributed by atoms with Crippen LogP contribution >= 0.6 is 0 Å². The third-order valence-electron chi connectivity index (χ3n) is 19.0. The number of esters is 1. The van der Waals surface area contributed by atoms with Crippen LogP contribution in [0.1, 0.15) is 99.8 Å². The number of fused-ring (bicyclic) bond motifs is 7. The summed E-state index contributed by atoms with van der Waals surface area (Å²) in [7, 11) is 0. The fourth-order valence-corrected chi connectivity index (χ4v) is 14.9. The average Bonchev–Trinajstić information content (AvgIpc) is 3.53. The van der Waals surface area contributed by atoms with Gasteiger partial charge in [-0.3, -0.25) is 9.59 Å². The second-order valence-electron chi connectivity index (χ2n) is 23.0. The summed E-state index contributed by atoms with van der Waals surface area (Å²) in [5.74, 6) is -5.35. The molecule has 3 saturated heterocycles. The molecule has 7 fully saturated rings. The molecule has 8 aliphatic rings. The zero-order valence-corrected chi connectivity index (χ0v) is 39.5. The highest BCUT2D eigenvalue weighted by Crippen LogP contribution is 2.76. The molecule has 5 aliphatic carbocycles. The summed E-state index contributed by atoms with van der Waals surface area (Å²) in [6.45, 7) is 12.6. The standard InChI is InChI=1S/C47H72O21/c1-18-26(51)29(54)34(66-37-31(56)27(52)22(17-48)64-37)39(63-18)68-41(62)47-13-12-42(2,3)14-20(47)19-8-9-23-43(4)15-21(49)35(67-38-32(57)28(53)30(55)33(65-38)36(58)59)46(7,40(60)61)24(43)10-11-44(23,5)45(19,6)16-25(47)50/h8,18,20-35,37-39,48-57H,9-17H2,1-7H3,(H,58,59)(H,60,61). The fourth-order valence-electron chi connectivity index (χ4n) is 14.9. The van der Waals surface area contributed by atoms with E-state index in [0.29, 0.717) is 32.1 Å². The Bertz CT molecular complexity index is 1980. The molecule has 8 rings (SSSR count). The smallest absolute Gasteiger partial charge is 0.335 e. The summed E-state index contributed by atoms with van der Waals surface area (Å²) < 4.78 is 34.9. The number of rotatable bonds is 9.